The van der Waals surface area contributed by atoms with Crippen molar-refractivity contribution in [2.75, 3.05) is 26.7 Å². The summed E-state index contributed by atoms with van der Waals surface area (Å²) in [4.78, 5) is 40.0. The SMILES string of the molecule is CN(CC(=O)OC(C)(C)C)C(=O)[C@H]1CC[C@H](NCC(=O)N2CCC[C@H]2C#N)CC1. The highest BCUT2D eigenvalue weighted by atomic mass is 16.6. The molecule has 1 aliphatic carbocycles. The van der Waals surface area contributed by atoms with E-state index in [1.165, 1.54) is 4.90 Å². The molecular formula is C21H34N4O4. The normalized spacial score (nSPS) is 24.7. The molecule has 1 saturated heterocycles. The number of carbonyl (C=O) groups is 3. The molecular weight excluding hydrogens is 372 g/mol. The molecule has 0 radical (unpaired) electrons. The second-order valence-corrected chi connectivity index (χ2v) is 9.08. The largest absolute Gasteiger partial charge is 0.459 e. The average Bonchev–Trinajstić information content (AvgIpc) is 3.13. The third kappa shape index (κ3) is 7.00. The molecule has 1 aliphatic heterocycles. The summed E-state index contributed by atoms with van der Waals surface area (Å²) in [6.45, 7) is 6.25. The van der Waals surface area contributed by atoms with Crippen molar-refractivity contribution in [1.82, 2.24) is 15.1 Å². The minimum atomic E-state index is -0.565. The Balaban J connectivity index is 1.71. The Labute approximate surface area is 173 Å². The molecule has 0 bridgehead atoms. The van der Waals surface area contributed by atoms with E-state index in [-0.39, 0.29) is 42.9 Å². The van der Waals surface area contributed by atoms with Crippen LogP contribution in [0, 0.1) is 17.2 Å². The van der Waals surface area contributed by atoms with Crippen LogP contribution in [0.15, 0.2) is 0 Å². The molecule has 0 aromatic heterocycles. The number of hydrogen-bond acceptors (Lipinski definition) is 6. The van der Waals surface area contributed by atoms with Crippen molar-refractivity contribution in [2.24, 2.45) is 5.92 Å². The van der Waals surface area contributed by atoms with Gasteiger partial charge in [0, 0.05) is 25.6 Å². The van der Waals surface area contributed by atoms with Crippen LogP contribution in [0.5, 0.6) is 0 Å². The van der Waals surface area contributed by atoms with Gasteiger partial charge in [0.1, 0.15) is 18.2 Å². The van der Waals surface area contributed by atoms with E-state index < -0.39 is 11.6 Å². The maximum Gasteiger partial charge on any atom is 0.326 e. The Kier molecular flexibility index (Phi) is 8.03. The number of amides is 2. The Morgan fingerprint density at radius 1 is 1.17 bits per heavy atom. The van der Waals surface area contributed by atoms with Gasteiger partial charge >= 0.3 is 5.97 Å². The van der Waals surface area contributed by atoms with Gasteiger partial charge < -0.3 is 19.9 Å². The van der Waals surface area contributed by atoms with Gasteiger partial charge in [0.2, 0.25) is 11.8 Å². The van der Waals surface area contributed by atoms with Crippen LogP contribution in [0.1, 0.15) is 59.3 Å². The predicted molar refractivity (Wildman–Crippen MR) is 108 cm³/mol. The van der Waals surface area contributed by atoms with Gasteiger partial charge in [-0.25, -0.2) is 0 Å². The summed E-state index contributed by atoms with van der Waals surface area (Å²) in [7, 11) is 1.64. The molecule has 0 aromatic rings. The first-order valence-corrected chi connectivity index (χ1v) is 10.5. The molecule has 0 aromatic carbocycles. The van der Waals surface area contributed by atoms with Gasteiger partial charge in [-0.15, -0.1) is 0 Å². The molecule has 162 valence electrons. The summed E-state index contributed by atoms with van der Waals surface area (Å²) >= 11 is 0. The number of esters is 1. The van der Waals surface area contributed by atoms with E-state index in [4.69, 9.17) is 10.00 Å². The van der Waals surface area contributed by atoms with Crippen molar-refractivity contribution in [3.8, 4) is 6.07 Å². The van der Waals surface area contributed by atoms with E-state index in [9.17, 15) is 14.4 Å². The van der Waals surface area contributed by atoms with Crippen LogP contribution < -0.4 is 5.32 Å². The zero-order valence-electron chi connectivity index (χ0n) is 18.1. The number of nitrogens with zero attached hydrogens (tertiary/aromatic N) is 3. The Morgan fingerprint density at radius 2 is 1.83 bits per heavy atom. The number of hydrogen-bond donors (Lipinski definition) is 1. The van der Waals surface area contributed by atoms with Gasteiger partial charge in [-0.3, -0.25) is 14.4 Å². The Morgan fingerprint density at radius 3 is 2.41 bits per heavy atom. The number of likely N-dealkylation sites (N-methyl/N-ethyl adjacent to an activating group) is 1. The Hall–Kier alpha value is -2.14. The van der Waals surface area contributed by atoms with Crippen molar-refractivity contribution in [2.45, 2.75) is 77.0 Å². The fourth-order valence-electron chi connectivity index (χ4n) is 4.03. The third-order valence-electron chi connectivity index (χ3n) is 5.50. The standard InChI is InChI=1S/C21H34N4O4/c1-21(2,3)29-19(27)14-24(4)20(28)15-7-9-16(10-8-15)23-13-18(26)25-11-5-6-17(25)12-22/h15-17,23H,5-11,13-14H2,1-4H3/t15-,16-,17-/m0/s1. The first-order chi connectivity index (χ1) is 13.6. The first kappa shape index (κ1) is 23.1. The quantitative estimate of drug-likeness (QED) is 0.670. The maximum absolute atomic E-state index is 12.6. The fourth-order valence-corrected chi connectivity index (χ4v) is 4.03. The number of nitriles is 1. The van der Waals surface area contributed by atoms with E-state index in [2.05, 4.69) is 11.4 Å². The average molecular weight is 407 g/mol. The molecule has 8 nitrogen and oxygen atoms in total. The highest BCUT2D eigenvalue weighted by Gasteiger charge is 2.31. The monoisotopic (exact) mass is 406 g/mol. The van der Waals surface area contributed by atoms with Gasteiger partial charge in [-0.1, -0.05) is 0 Å². The predicted octanol–water partition coefficient (Wildman–Crippen LogP) is 1.45. The van der Waals surface area contributed by atoms with Crippen molar-refractivity contribution in [3.63, 3.8) is 0 Å². The summed E-state index contributed by atoms with van der Waals surface area (Å²) in [5, 5.41) is 12.4. The zero-order chi connectivity index (χ0) is 21.6. The van der Waals surface area contributed by atoms with E-state index in [1.807, 2.05) is 0 Å². The third-order valence-corrected chi connectivity index (χ3v) is 5.50. The van der Waals surface area contributed by atoms with Crippen molar-refractivity contribution >= 4 is 17.8 Å². The second-order valence-electron chi connectivity index (χ2n) is 9.08. The van der Waals surface area contributed by atoms with E-state index in [0.717, 1.165) is 38.5 Å². The lowest BCUT2D eigenvalue weighted by molar-refractivity contribution is -0.159. The summed E-state index contributed by atoms with van der Waals surface area (Å²) in [6.07, 6.45) is 4.72. The summed E-state index contributed by atoms with van der Waals surface area (Å²) in [5.74, 6) is -0.554. The molecule has 2 aliphatic rings. The van der Waals surface area contributed by atoms with Crippen molar-refractivity contribution < 1.29 is 19.1 Å². The molecule has 8 heteroatoms. The number of carbonyl (C=O) groups excluding carboxylic acids is 3. The topological polar surface area (TPSA) is 103 Å². The van der Waals surface area contributed by atoms with Gasteiger partial charge in [-0.05, 0) is 59.3 Å². The minimum absolute atomic E-state index is 0.0238. The summed E-state index contributed by atoms with van der Waals surface area (Å²) in [5.41, 5.74) is -0.565. The van der Waals surface area contributed by atoms with Gasteiger partial charge in [-0.2, -0.15) is 5.26 Å². The molecule has 0 unspecified atom stereocenters. The lowest BCUT2D eigenvalue weighted by Crippen LogP contribution is -2.45. The zero-order valence-corrected chi connectivity index (χ0v) is 18.1. The van der Waals surface area contributed by atoms with Crippen molar-refractivity contribution in [3.05, 3.63) is 0 Å². The van der Waals surface area contributed by atoms with Crippen LogP contribution >= 0.6 is 0 Å². The second kappa shape index (κ2) is 10.1. The molecule has 1 heterocycles. The van der Waals surface area contributed by atoms with Crippen LogP contribution in [0.4, 0.5) is 0 Å². The van der Waals surface area contributed by atoms with Crippen LogP contribution in [-0.2, 0) is 19.1 Å². The molecule has 0 spiro atoms. The van der Waals surface area contributed by atoms with E-state index in [0.29, 0.717) is 6.54 Å². The molecule has 1 saturated carbocycles. The van der Waals surface area contributed by atoms with Gasteiger partial charge in [0.05, 0.1) is 12.6 Å². The van der Waals surface area contributed by atoms with Crippen LogP contribution in [0.3, 0.4) is 0 Å². The summed E-state index contributed by atoms with van der Waals surface area (Å²) < 4.78 is 5.28. The molecule has 2 amide bonds. The van der Waals surface area contributed by atoms with Crippen LogP contribution in [0.25, 0.3) is 0 Å². The molecule has 2 fully saturated rings. The number of likely N-dealkylation sites (tertiary alicyclic amines) is 1. The molecule has 1 N–H and O–H groups in total. The van der Waals surface area contributed by atoms with E-state index in [1.54, 1.807) is 32.7 Å². The lowest BCUT2D eigenvalue weighted by Gasteiger charge is -2.31. The number of nitrogens with one attached hydrogen (secondary N) is 1. The van der Waals surface area contributed by atoms with E-state index >= 15 is 0 Å². The minimum Gasteiger partial charge on any atom is -0.459 e. The van der Waals surface area contributed by atoms with Crippen LogP contribution in [-0.4, -0.2) is 72.0 Å². The molecule has 1 atom stereocenters. The number of rotatable bonds is 6. The lowest BCUT2D eigenvalue weighted by atomic mass is 9.85. The van der Waals surface area contributed by atoms with Crippen molar-refractivity contribution in [1.29, 1.82) is 5.26 Å². The first-order valence-electron chi connectivity index (χ1n) is 10.5. The van der Waals surface area contributed by atoms with Crippen LogP contribution in [0.2, 0.25) is 0 Å². The van der Waals surface area contributed by atoms with Gasteiger partial charge in [0.15, 0.2) is 0 Å². The maximum atomic E-state index is 12.6. The smallest absolute Gasteiger partial charge is 0.326 e. The molecule has 2 rings (SSSR count). The summed E-state index contributed by atoms with van der Waals surface area (Å²) in [6, 6.07) is 2.09. The number of ether oxygens (including phenoxy) is 1. The van der Waals surface area contributed by atoms with Gasteiger partial charge in [0.25, 0.3) is 0 Å². The molecule has 29 heavy (non-hydrogen) atoms. The highest BCUT2D eigenvalue weighted by Crippen LogP contribution is 2.26. The Bertz CT molecular complexity index is 644. The fraction of sp³-hybridized carbons (Fsp3) is 0.810. The highest BCUT2D eigenvalue weighted by molar-refractivity contribution is 5.83.